The van der Waals surface area contributed by atoms with Crippen molar-refractivity contribution in [2.75, 3.05) is 19.8 Å². The third-order valence-corrected chi connectivity index (χ3v) is 3.50. The summed E-state index contributed by atoms with van der Waals surface area (Å²) in [7, 11) is -4.02. The van der Waals surface area contributed by atoms with E-state index in [1.807, 2.05) is 6.92 Å². The van der Waals surface area contributed by atoms with Gasteiger partial charge < -0.3 is 10.1 Å². The predicted octanol–water partition coefficient (Wildman–Crippen LogP) is 1.63. The lowest BCUT2D eigenvalue weighted by atomic mass is 10.1. The molecule has 1 aromatic carbocycles. The van der Waals surface area contributed by atoms with Crippen molar-refractivity contribution >= 4 is 10.1 Å². The minimum absolute atomic E-state index is 0.0666. The van der Waals surface area contributed by atoms with Gasteiger partial charge >= 0.3 is 0 Å². The summed E-state index contributed by atoms with van der Waals surface area (Å²) in [5.41, 5.74) is 1.16. The Kier molecular flexibility index (Phi) is 5.49. The van der Waals surface area contributed by atoms with Gasteiger partial charge in [-0.25, -0.2) is 0 Å². The third kappa shape index (κ3) is 6.15. The summed E-state index contributed by atoms with van der Waals surface area (Å²) in [5, 5.41) is 3.33. The molecule has 1 aromatic rings. The van der Waals surface area contributed by atoms with Gasteiger partial charge in [-0.15, -0.1) is 0 Å². The molecule has 0 bridgehead atoms. The van der Waals surface area contributed by atoms with Crippen molar-refractivity contribution in [2.45, 2.75) is 31.2 Å². The zero-order valence-corrected chi connectivity index (χ0v) is 12.3. The molecule has 0 aromatic heterocycles. The molecule has 0 atom stereocenters. The first kappa shape index (κ1) is 16.1. The smallest absolute Gasteiger partial charge is 0.294 e. The fourth-order valence-corrected chi connectivity index (χ4v) is 2.03. The van der Waals surface area contributed by atoms with Gasteiger partial charge in [-0.3, -0.25) is 4.55 Å². The second-order valence-electron chi connectivity index (χ2n) is 5.15. The van der Waals surface area contributed by atoms with E-state index in [4.69, 9.17) is 9.29 Å². The molecule has 2 rings (SSSR count). The van der Waals surface area contributed by atoms with Gasteiger partial charge in [0.05, 0.1) is 18.1 Å². The van der Waals surface area contributed by atoms with Gasteiger partial charge in [0.15, 0.2) is 0 Å². The number of hydrogen-bond donors (Lipinski definition) is 2. The Balaban J connectivity index is 0.000000200. The fourth-order valence-electron chi connectivity index (χ4n) is 1.55. The van der Waals surface area contributed by atoms with E-state index in [1.165, 1.54) is 12.1 Å². The number of ether oxygens (including phenoxy) is 1. The van der Waals surface area contributed by atoms with Gasteiger partial charge in [-0.2, -0.15) is 8.42 Å². The van der Waals surface area contributed by atoms with Crippen molar-refractivity contribution in [1.82, 2.24) is 5.32 Å². The molecule has 0 unspecified atom stereocenters. The number of aryl methyl sites for hydroxylation is 1. The van der Waals surface area contributed by atoms with E-state index < -0.39 is 10.1 Å². The van der Waals surface area contributed by atoms with E-state index in [1.54, 1.807) is 12.1 Å². The standard InChI is InChI=1S/C7H8O3S.C6H13NO/c1-6-2-4-7(5-3-6)11(8,9)10;1-6(2)5-8-4-3-7-6/h2-5H,1H3,(H,8,9,10);7H,3-5H2,1-2H3. The van der Waals surface area contributed by atoms with Crippen LogP contribution in [-0.2, 0) is 14.9 Å². The molecule has 0 radical (unpaired) electrons. The second-order valence-corrected chi connectivity index (χ2v) is 6.57. The summed E-state index contributed by atoms with van der Waals surface area (Å²) in [5.74, 6) is 0. The number of rotatable bonds is 1. The Morgan fingerprint density at radius 3 is 2.16 bits per heavy atom. The molecule has 0 amide bonds. The van der Waals surface area contributed by atoms with E-state index in [0.717, 1.165) is 25.3 Å². The van der Waals surface area contributed by atoms with Gasteiger partial charge in [0.2, 0.25) is 0 Å². The summed E-state index contributed by atoms with van der Waals surface area (Å²) in [6, 6.07) is 5.99. The van der Waals surface area contributed by atoms with Crippen LogP contribution in [0.25, 0.3) is 0 Å². The molecule has 19 heavy (non-hydrogen) atoms. The maximum Gasteiger partial charge on any atom is 0.294 e. The monoisotopic (exact) mass is 287 g/mol. The molecule has 1 aliphatic rings. The maximum atomic E-state index is 10.5. The first-order valence-corrected chi connectivity index (χ1v) is 7.52. The van der Waals surface area contributed by atoms with Crippen molar-refractivity contribution in [3.05, 3.63) is 29.8 Å². The Hall–Kier alpha value is -0.950. The van der Waals surface area contributed by atoms with Crippen LogP contribution >= 0.6 is 0 Å². The summed E-state index contributed by atoms with van der Waals surface area (Å²) in [6.45, 7) is 8.83. The number of nitrogens with one attached hydrogen (secondary N) is 1. The zero-order chi connectivity index (χ0) is 14.5. The molecular formula is C13H21NO4S. The molecule has 0 aliphatic carbocycles. The Morgan fingerprint density at radius 2 is 1.84 bits per heavy atom. The molecule has 2 N–H and O–H groups in total. The minimum Gasteiger partial charge on any atom is -0.378 e. The minimum atomic E-state index is -4.02. The Labute approximate surface area is 114 Å². The quantitative estimate of drug-likeness (QED) is 0.768. The van der Waals surface area contributed by atoms with Gasteiger partial charge in [0, 0.05) is 12.1 Å². The average molecular weight is 287 g/mol. The number of benzene rings is 1. The largest absolute Gasteiger partial charge is 0.378 e. The highest BCUT2D eigenvalue weighted by Crippen LogP contribution is 2.08. The van der Waals surface area contributed by atoms with Crippen molar-refractivity contribution in [1.29, 1.82) is 0 Å². The normalized spacial score (nSPS) is 18.3. The number of hydrogen-bond acceptors (Lipinski definition) is 4. The van der Waals surface area contributed by atoms with Crippen molar-refractivity contribution in [2.24, 2.45) is 0 Å². The van der Waals surface area contributed by atoms with E-state index >= 15 is 0 Å². The molecule has 6 heteroatoms. The molecule has 0 spiro atoms. The van der Waals surface area contributed by atoms with Gasteiger partial charge in [0.25, 0.3) is 10.1 Å². The third-order valence-electron chi connectivity index (χ3n) is 2.63. The highest BCUT2D eigenvalue weighted by atomic mass is 32.2. The Morgan fingerprint density at radius 1 is 1.26 bits per heavy atom. The second kappa shape index (κ2) is 6.47. The Bertz CT molecular complexity index is 486. The lowest BCUT2D eigenvalue weighted by Crippen LogP contribution is -2.49. The molecule has 1 aliphatic heterocycles. The van der Waals surface area contributed by atoms with Crippen molar-refractivity contribution < 1.29 is 17.7 Å². The molecule has 1 fully saturated rings. The van der Waals surface area contributed by atoms with Crippen LogP contribution in [0, 0.1) is 6.92 Å². The van der Waals surface area contributed by atoms with Crippen LogP contribution in [0.3, 0.4) is 0 Å². The zero-order valence-electron chi connectivity index (χ0n) is 11.5. The lowest BCUT2D eigenvalue weighted by molar-refractivity contribution is 0.0436. The van der Waals surface area contributed by atoms with E-state index in [-0.39, 0.29) is 10.4 Å². The fraction of sp³-hybridized carbons (Fsp3) is 0.538. The van der Waals surface area contributed by atoms with Crippen LogP contribution in [0.15, 0.2) is 29.2 Å². The maximum absolute atomic E-state index is 10.5. The van der Waals surface area contributed by atoms with Crippen LogP contribution < -0.4 is 5.32 Å². The predicted molar refractivity (Wildman–Crippen MR) is 73.9 cm³/mol. The number of morpholine rings is 1. The lowest BCUT2D eigenvalue weighted by Gasteiger charge is -2.30. The van der Waals surface area contributed by atoms with E-state index in [9.17, 15) is 8.42 Å². The first-order chi connectivity index (χ1) is 8.71. The van der Waals surface area contributed by atoms with Gasteiger partial charge in [-0.05, 0) is 32.9 Å². The van der Waals surface area contributed by atoms with Crippen LogP contribution in [-0.4, -0.2) is 38.3 Å². The van der Waals surface area contributed by atoms with Gasteiger partial charge in [0.1, 0.15) is 0 Å². The van der Waals surface area contributed by atoms with Crippen molar-refractivity contribution in [3.8, 4) is 0 Å². The molecule has 5 nitrogen and oxygen atoms in total. The molecule has 108 valence electrons. The summed E-state index contributed by atoms with van der Waals surface area (Å²) >= 11 is 0. The molecule has 0 saturated carbocycles. The van der Waals surface area contributed by atoms with Crippen LogP contribution in [0.4, 0.5) is 0 Å². The van der Waals surface area contributed by atoms with Crippen LogP contribution in [0.2, 0.25) is 0 Å². The van der Waals surface area contributed by atoms with E-state index in [0.29, 0.717) is 0 Å². The van der Waals surface area contributed by atoms with E-state index in [2.05, 4.69) is 19.2 Å². The topological polar surface area (TPSA) is 75.6 Å². The van der Waals surface area contributed by atoms with Crippen LogP contribution in [0.5, 0.6) is 0 Å². The average Bonchev–Trinajstić information content (AvgIpc) is 2.28. The highest BCUT2D eigenvalue weighted by molar-refractivity contribution is 7.85. The molecular weight excluding hydrogens is 266 g/mol. The summed E-state index contributed by atoms with van der Waals surface area (Å²) in [4.78, 5) is -0.0666. The highest BCUT2D eigenvalue weighted by Gasteiger charge is 2.19. The summed E-state index contributed by atoms with van der Waals surface area (Å²) in [6.07, 6.45) is 0. The van der Waals surface area contributed by atoms with Gasteiger partial charge in [-0.1, -0.05) is 17.7 Å². The van der Waals surface area contributed by atoms with Crippen LogP contribution in [0.1, 0.15) is 19.4 Å². The molecule has 1 saturated heterocycles. The molecule has 1 heterocycles. The van der Waals surface area contributed by atoms with Crippen molar-refractivity contribution in [3.63, 3.8) is 0 Å². The SMILES string of the molecule is CC1(C)COCCN1.Cc1ccc(S(=O)(=O)O)cc1. The first-order valence-electron chi connectivity index (χ1n) is 6.08. The summed E-state index contributed by atoms with van der Waals surface area (Å²) < 4.78 is 34.8.